The first-order valence-corrected chi connectivity index (χ1v) is 5.20. The lowest BCUT2D eigenvalue weighted by atomic mass is 10.2. The quantitative estimate of drug-likeness (QED) is 0.798. The summed E-state index contributed by atoms with van der Waals surface area (Å²) in [4.78, 5) is 14.8. The van der Waals surface area contributed by atoms with Crippen LogP contribution in [0, 0.1) is 0 Å². The van der Waals surface area contributed by atoms with Crippen molar-refractivity contribution in [2.24, 2.45) is 0 Å². The second kappa shape index (κ2) is 5.34. The number of hydrogen-bond acceptors (Lipinski definition) is 4. The lowest BCUT2D eigenvalue weighted by molar-refractivity contribution is 0.0697. The second-order valence-corrected chi connectivity index (χ2v) is 3.63. The number of carboxylic acid groups (broad SMARTS) is 1. The zero-order valence-electron chi connectivity index (χ0n) is 9.43. The van der Waals surface area contributed by atoms with Crippen LogP contribution in [0.25, 0.3) is 0 Å². The highest BCUT2D eigenvalue weighted by atomic mass is 16.5. The van der Waals surface area contributed by atoms with Gasteiger partial charge in [-0.15, -0.1) is 0 Å². The summed E-state index contributed by atoms with van der Waals surface area (Å²) in [5.41, 5.74) is 5.64. The van der Waals surface area contributed by atoms with Gasteiger partial charge in [-0.3, -0.25) is 0 Å². The van der Waals surface area contributed by atoms with Crippen LogP contribution >= 0.6 is 0 Å². The first-order chi connectivity index (χ1) is 7.54. The molecule has 3 N–H and O–H groups in total. The number of carboxylic acids is 1. The standard InChI is InChI=1S/C11H16N2O3/c1-3-4-7(2)16-10-5-8(11(14)15)9(12)6-13-10/h5-7H,3-4,12H2,1-2H3,(H,14,15). The third-order valence-electron chi connectivity index (χ3n) is 2.16. The Morgan fingerprint density at radius 3 is 2.94 bits per heavy atom. The van der Waals surface area contributed by atoms with Gasteiger partial charge in [0.05, 0.1) is 23.6 Å². The Labute approximate surface area is 94.2 Å². The summed E-state index contributed by atoms with van der Waals surface area (Å²) >= 11 is 0. The zero-order chi connectivity index (χ0) is 12.1. The Balaban J connectivity index is 2.82. The number of aromatic carboxylic acids is 1. The number of aromatic nitrogens is 1. The van der Waals surface area contributed by atoms with Gasteiger partial charge in [0.1, 0.15) is 0 Å². The minimum atomic E-state index is -1.08. The summed E-state index contributed by atoms with van der Waals surface area (Å²) < 4.78 is 5.47. The lowest BCUT2D eigenvalue weighted by Gasteiger charge is -2.13. The van der Waals surface area contributed by atoms with Crippen LogP contribution in [-0.4, -0.2) is 22.2 Å². The van der Waals surface area contributed by atoms with Crippen molar-refractivity contribution in [3.63, 3.8) is 0 Å². The number of pyridine rings is 1. The fourth-order valence-electron chi connectivity index (χ4n) is 1.37. The largest absolute Gasteiger partial charge is 0.478 e. The van der Waals surface area contributed by atoms with Gasteiger partial charge >= 0.3 is 5.97 Å². The molecule has 1 heterocycles. The molecule has 5 nitrogen and oxygen atoms in total. The van der Waals surface area contributed by atoms with Gasteiger partial charge in [0, 0.05) is 6.07 Å². The molecule has 0 radical (unpaired) electrons. The average molecular weight is 224 g/mol. The van der Waals surface area contributed by atoms with Gasteiger partial charge in [-0.25, -0.2) is 9.78 Å². The van der Waals surface area contributed by atoms with Crippen molar-refractivity contribution in [3.8, 4) is 5.88 Å². The van der Waals surface area contributed by atoms with Gasteiger partial charge in [0.25, 0.3) is 0 Å². The fraction of sp³-hybridized carbons (Fsp3) is 0.455. The van der Waals surface area contributed by atoms with Crippen molar-refractivity contribution in [1.82, 2.24) is 4.98 Å². The van der Waals surface area contributed by atoms with E-state index in [4.69, 9.17) is 15.6 Å². The summed E-state index contributed by atoms with van der Waals surface area (Å²) in [6.45, 7) is 3.97. The number of hydrogen-bond donors (Lipinski definition) is 2. The van der Waals surface area contributed by atoms with E-state index >= 15 is 0 Å². The number of carbonyl (C=O) groups is 1. The summed E-state index contributed by atoms with van der Waals surface area (Å²) in [6.07, 6.45) is 3.22. The summed E-state index contributed by atoms with van der Waals surface area (Å²) in [6, 6.07) is 1.35. The first-order valence-electron chi connectivity index (χ1n) is 5.20. The van der Waals surface area contributed by atoms with E-state index in [-0.39, 0.29) is 17.4 Å². The highest BCUT2D eigenvalue weighted by Crippen LogP contribution is 2.18. The summed E-state index contributed by atoms with van der Waals surface area (Å²) in [5.74, 6) is -0.777. The topological polar surface area (TPSA) is 85.4 Å². The smallest absolute Gasteiger partial charge is 0.338 e. The maximum Gasteiger partial charge on any atom is 0.338 e. The Bertz CT molecular complexity index is 379. The molecule has 1 aromatic heterocycles. The normalized spacial score (nSPS) is 12.1. The Hall–Kier alpha value is -1.78. The maximum atomic E-state index is 10.8. The Morgan fingerprint density at radius 1 is 1.69 bits per heavy atom. The van der Waals surface area contributed by atoms with E-state index in [2.05, 4.69) is 11.9 Å². The predicted octanol–water partition coefficient (Wildman–Crippen LogP) is 1.93. The summed E-state index contributed by atoms with van der Waals surface area (Å²) in [7, 11) is 0. The van der Waals surface area contributed by atoms with Gasteiger partial charge in [-0.1, -0.05) is 13.3 Å². The number of ether oxygens (including phenoxy) is 1. The van der Waals surface area contributed by atoms with Gasteiger partial charge < -0.3 is 15.6 Å². The lowest BCUT2D eigenvalue weighted by Crippen LogP contribution is -2.13. The molecule has 88 valence electrons. The number of rotatable bonds is 5. The Kier molecular flexibility index (Phi) is 4.10. The third-order valence-corrected chi connectivity index (χ3v) is 2.16. The number of nitrogen functional groups attached to an aromatic ring is 1. The van der Waals surface area contributed by atoms with E-state index in [1.54, 1.807) is 0 Å². The van der Waals surface area contributed by atoms with Crippen molar-refractivity contribution in [2.75, 3.05) is 5.73 Å². The van der Waals surface area contributed by atoms with Crippen LogP contribution in [0.1, 0.15) is 37.0 Å². The molecule has 1 atom stereocenters. The molecule has 0 aliphatic rings. The molecular weight excluding hydrogens is 208 g/mol. The number of nitrogens with two attached hydrogens (primary N) is 1. The van der Waals surface area contributed by atoms with Crippen molar-refractivity contribution >= 4 is 11.7 Å². The van der Waals surface area contributed by atoms with Crippen LogP contribution in [0.3, 0.4) is 0 Å². The highest BCUT2D eigenvalue weighted by molar-refractivity contribution is 5.93. The van der Waals surface area contributed by atoms with Crippen molar-refractivity contribution in [3.05, 3.63) is 17.8 Å². The van der Waals surface area contributed by atoms with E-state index in [0.717, 1.165) is 12.8 Å². The molecule has 0 saturated carbocycles. The number of anilines is 1. The molecule has 16 heavy (non-hydrogen) atoms. The van der Waals surface area contributed by atoms with Crippen LogP contribution in [0.4, 0.5) is 5.69 Å². The molecule has 0 aromatic carbocycles. The van der Waals surface area contributed by atoms with Gasteiger partial charge in [-0.2, -0.15) is 0 Å². The molecule has 1 rings (SSSR count). The van der Waals surface area contributed by atoms with E-state index in [1.807, 2.05) is 6.92 Å². The molecule has 1 aromatic rings. The van der Waals surface area contributed by atoms with Crippen LogP contribution in [0.15, 0.2) is 12.3 Å². The minimum absolute atomic E-state index is 0.0165. The molecule has 0 aliphatic carbocycles. The first kappa shape index (κ1) is 12.3. The molecule has 0 spiro atoms. The molecule has 0 bridgehead atoms. The van der Waals surface area contributed by atoms with Crippen molar-refractivity contribution < 1.29 is 14.6 Å². The zero-order valence-corrected chi connectivity index (χ0v) is 9.43. The molecule has 1 unspecified atom stereocenters. The summed E-state index contributed by atoms with van der Waals surface area (Å²) in [5, 5.41) is 8.86. The number of nitrogens with zero attached hydrogens (tertiary/aromatic N) is 1. The van der Waals surface area contributed by atoms with E-state index < -0.39 is 5.97 Å². The maximum absolute atomic E-state index is 10.8. The minimum Gasteiger partial charge on any atom is -0.478 e. The van der Waals surface area contributed by atoms with Crippen LogP contribution in [-0.2, 0) is 0 Å². The molecule has 0 aliphatic heterocycles. The van der Waals surface area contributed by atoms with Gasteiger partial charge in [-0.05, 0) is 13.3 Å². The molecular formula is C11H16N2O3. The van der Waals surface area contributed by atoms with Crippen LogP contribution < -0.4 is 10.5 Å². The average Bonchev–Trinajstić information content (AvgIpc) is 2.21. The van der Waals surface area contributed by atoms with E-state index in [1.165, 1.54) is 12.3 Å². The van der Waals surface area contributed by atoms with Crippen molar-refractivity contribution in [2.45, 2.75) is 32.8 Å². The van der Waals surface area contributed by atoms with E-state index in [9.17, 15) is 4.79 Å². The molecule has 5 heteroatoms. The molecule has 0 saturated heterocycles. The highest BCUT2D eigenvalue weighted by Gasteiger charge is 2.11. The SMILES string of the molecule is CCCC(C)Oc1cc(C(=O)O)c(N)cn1. The fourth-order valence-corrected chi connectivity index (χ4v) is 1.37. The molecule has 0 fully saturated rings. The molecule has 0 amide bonds. The van der Waals surface area contributed by atoms with E-state index in [0.29, 0.717) is 5.88 Å². The second-order valence-electron chi connectivity index (χ2n) is 3.63. The van der Waals surface area contributed by atoms with Crippen LogP contribution in [0.5, 0.6) is 5.88 Å². The van der Waals surface area contributed by atoms with Gasteiger partial charge in [0.15, 0.2) is 0 Å². The third kappa shape index (κ3) is 3.12. The Morgan fingerprint density at radius 2 is 2.38 bits per heavy atom. The van der Waals surface area contributed by atoms with Crippen molar-refractivity contribution in [1.29, 1.82) is 0 Å². The predicted molar refractivity (Wildman–Crippen MR) is 60.6 cm³/mol. The monoisotopic (exact) mass is 224 g/mol. The van der Waals surface area contributed by atoms with Crippen LogP contribution in [0.2, 0.25) is 0 Å². The van der Waals surface area contributed by atoms with Gasteiger partial charge in [0.2, 0.25) is 5.88 Å².